The molecule has 0 aliphatic heterocycles. The van der Waals surface area contributed by atoms with Gasteiger partial charge in [0.1, 0.15) is 13.2 Å². The minimum absolute atomic E-state index is 0.0688. The van der Waals surface area contributed by atoms with Gasteiger partial charge in [0.05, 0.1) is 0 Å². The van der Waals surface area contributed by atoms with Crippen molar-refractivity contribution in [3.63, 3.8) is 0 Å². The SMILES string of the molecule is CCCCCCC/C=C\CCCCCCCC(=O)OC[C@@H](COC(=O)CCCCCCCCCCC)OC(=O)CCCCCCCCCCCC. The van der Waals surface area contributed by atoms with Crippen LogP contribution in [0.1, 0.15) is 239 Å². The zero-order chi connectivity index (χ0) is 37.3. The van der Waals surface area contributed by atoms with Gasteiger partial charge in [0.25, 0.3) is 0 Å². The number of esters is 3. The van der Waals surface area contributed by atoms with Crippen molar-refractivity contribution < 1.29 is 28.6 Å². The van der Waals surface area contributed by atoms with Crippen LogP contribution in [-0.4, -0.2) is 37.2 Å². The first-order chi connectivity index (χ1) is 25.0. The van der Waals surface area contributed by atoms with E-state index >= 15 is 0 Å². The lowest BCUT2D eigenvalue weighted by atomic mass is 10.1. The van der Waals surface area contributed by atoms with Gasteiger partial charge in [-0.2, -0.15) is 0 Å². The Morgan fingerprint density at radius 3 is 0.980 bits per heavy atom. The molecule has 300 valence electrons. The Kier molecular flexibility index (Phi) is 39.4. The Balaban J connectivity index is 4.32. The van der Waals surface area contributed by atoms with Crippen LogP contribution in [-0.2, 0) is 28.6 Å². The zero-order valence-electron chi connectivity index (χ0n) is 34.1. The maximum Gasteiger partial charge on any atom is 0.306 e. The fourth-order valence-electron chi connectivity index (χ4n) is 6.38. The van der Waals surface area contributed by atoms with Gasteiger partial charge >= 0.3 is 17.9 Å². The summed E-state index contributed by atoms with van der Waals surface area (Å²) in [7, 11) is 0. The van der Waals surface area contributed by atoms with Crippen molar-refractivity contribution in [2.45, 2.75) is 245 Å². The number of allylic oxidation sites excluding steroid dienone is 2. The van der Waals surface area contributed by atoms with Gasteiger partial charge in [0, 0.05) is 19.3 Å². The number of rotatable bonds is 40. The second-order valence-electron chi connectivity index (χ2n) is 15.0. The highest BCUT2D eigenvalue weighted by Crippen LogP contribution is 2.14. The Morgan fingerprint density at radius 1 is 0.373 bits per heavy atom. The van der Waals surface area contributed by atoms with Crippen LogP contribution >= 0.6 is 0 Å². The molecule has 0 bridgehead atoms. The Bertz CT molecular complexity index is 794. The van der Waals surface area contributed by atoms with E-state index in [1.807, 2.05) is 0 Å². The monoisotopic (exact) mass is 721 g/mol. The van der Waals surface area contributed by atoms with E-state index in [0.29, 0.717) is 19.3 Å². The van der Waals surface area contributed by atoms with Crippen molar-refractivity contribution in [2.24, 2.45) is 0 Å². The summed E-state index contributed by atoms with van der Waals surface area (Å²) in [4.78, 5) is 37.6. The maximum atomic E-state index is 12.6. The van der Waals surface area contributed by atoms with Crippen LogP contribution in [0.2, 0.25) is 0 Å². The molecule has 51 heavy (non-hydrogen) atoms. The molecule has 0 aromatic rings. The number of carbonyl (C=O) groups is 3. The van der Waals surface area contributed by atoms with E-state index in [2.05, 4.69) is 32.9 Å². The third kappa shape index (κ3) is 39.2. The quantitative estimate of drug-likeness (QED) is 0.0271. The van der Waals surface area contributed by atoms with Crippen LogP contribution in [0.4, 0.5) is 0 Å². The Morgan fingerprint density at radius 2 is 0.647 bits per heavy atom. The zero-order valence-corrected chi connectivity index (χ0v) is 34.1. The summed E-state index contributed by atoms with van der Waals surface area (Å²) in [6, 6.07) is 0. The third-order valence-corrected chi connectivity index (χ3v) is 9.77. The van der Waals surface area contributed by atoms with E-state index in [1.165, 1.54) is 135 Å². The molecule has 1 atom stereocenters. The molecule has 0 aliphatic rings. The summed E-state index contributed by atoms with van der Waals surface area (Å²) in [6.07, 6.45) is 41.9. The average molecular weight is 721 g/mol. The van der Waals surface area contributed by atoms with Gasteiger partial charge in [-0.25, -0.2) is 0 Å². The minimum atomic E-state index is -0.763. The lowest BCUT2D eigenvalue weighted by Gasteiger charge is -2.18. The summed E-state index contributed by atoms with van der Waals surface area (Å²) >= 11 is 0. The summed E-state index contributed by atoms with van der Waals surface area (Å²) in [5.41, 5.74) is 0. The maximum absolute atomic E-state index is 12.6. The van der Waals surface area contributed by atoms with E-state index in [-0.39, 0.29) is 31.1 Å². The van der Waals surface area contributed by atoms with Crippen molar-refractivity contribution in [3.05, 3.63) is 12.2 Å². The molecular weight excluding hydrogens is 636 g/mol. The molecule has 0 saturated carbocycles. The number of carbonyl (C=O) groups excluding carboxylic acids is 3. The van der Waals surface area contributed by atoms with Crippen LogP contribution in [0, 0.1) is 0 Å². The standard InChI is InChI=1S/C45H84O6/c1-4-7-10-13-16-19-21-22-23-24-27-29-32-35-38-44(47)50-41-42(40-49-43(46)37-34-31-28-25-18-15-12-9-6-3)51-45(48)39-36-33-30-26-20-17-14-11-8-5-2/h21-22,42H,4-20,23-41H2,1-3H3/b22-21-/t42-/m1/s1. The normalized spacial score (nSPS) is 12.0. The van der Waals surface area contributed by atoms with Crippen molar-refractivity contribution >= 4 is 17.9 Å². The Labute approximate surface area is 316 Å². The van der Waals surface area contributed by atoms with Crippen LogP contribution < -0.4 is 0 Å². The minimum Gasteiger partial charge on any atom is -0.462 e. The predicted molar refractivity (Wildman–Crippen MR) is 215 cm³/mol. The van der Waals surface area contributed by atoms with Gasteiger partial charge < -0.3 is 14.2 Å². The van der Waals surface area contributed by atoms with Gasteiger partial charge in [-0.15, -0.1) is 0 Å². The summed E-state index contributed by atoms with van der Waals surface area (Å²) in [5, 5.41) is 0. The molecule has 0 aliphatic carbocycles. The number of unbranched alkanes of at least 4 members (excludes halogenated alkanes) is 27. The molecule has 0 spiro atoms. The second-order valence-corrected chi connectivity index (χ2v) is 15.0. The number of hydrogen-bond acceptors (Lipinski definition) is 6. The molecule has 0 N–H and O–H groups in total. The van der Waals surface area contributed by atoms with Crippen molar-refractivity contribution in [3.8, 4) is 0 Å². The second kappa shape index (κ2) is 40.9. The molecule has 0 fully saturated rings. The topological polar surface area (TPSA) is 78.9 Å². The summed E-state index contributed by atoms with van der Waals surface area (Å²) in [6.45, 7) is 6.59. The smallest absolute Gasteiger partial charge is 0.306 e. The fourth-order valence-corrected chi connectivity index (χ4v) is 6.38. The van der Waals surface area contributed by atoms with Crippen LogP contribution in [0.5, 0.6) is 0 Å². The van der Waals surface area contributed by atoms with Crippen molar-refractivity contribution in [2.75, 3.05) is 13.2 Å². The highest BCUT2D eigenvalue weighted by atomic mass is 16.6. The first-order valence-electron chi connectivity index (χ1n) is 22.2. The molecule has 6 nitrogen and oxygen atoms in total. The molecule has 0 aromatic carbocycles. The average Bonchev–Trinajstić information content (AvgIpc) is 3.12. The van der Waals surface area contributed by atoms with Gasteiger partial charge in [-0.3, -0.25) is 14.4 Å². The van der Waals surface area contributed by atoms with Crippen LogP contribution in [0.3, 0.4) is 0 Å². The van der Waals surface area contributed by atoms with Gasteiger partial charge in [-0.05, 0) is 44.9 Å². The third-order valence-electron chi connectivity index (χ3n) is 9.77. The molecule has 0 rings (SSSR count). The molecule has 0 unspecified atom stereocenters. The molecule has 0 heterocycles. The molecule has 0 saturated heterocycles. The van der Waals surface area contributed by atoms with Gasteiger partial charge in [0.2, 0.25) is 0 Å². The fraction of sp³-hybridized carbons (Fsp3) is 0.889. The van der Waals surface area contributed by atoms with Crippen LogP contribution in [0.15, 0.2) is 12.2 Å². The first kappa shape index (κ1) is 49.1. The Hall–Kier alpha value is -1.85. The van der Waals surface area contributed by atoms with Crippen LogP contribution in [0.25, 0.3) is 0 Å². The molecule has 0 radical (unpaired) electrons. The molecular formula is C45H84O6. The van der Waals surface area contributed by atoms with Gasteiger partial charge in [0.15, 0.2) is 6.10 Å². The van der Waals surface area contributed by atoms with E-state index in [0.717, 1.165) is 64.2 Å². The first-order valence-corrected chi connectivity index (χ1v) is 22.2. The molecule has 0 amide bonds. The summed E-state index contributed by atoms with van der Waals surface area (Å²) < 4.78 is 16.6. The van der Waals surface area contributed by atoms with Crippen molar-refractivity contribution in [1.82, 2.24) is 0 Å². The summed E-state index contributed by atoms with van der Waals surface area (Å²) in [5.74, 6) is -0.876. The number of ether oxygens (including phenoxy) is 3. The highest BCUT2D eigenvalue weighted by molar-refractivity contribution is 5.71. The highest BCUT2D eigenvalue weighted by Gasteiger charge is 2.19. The van der Waals surface area contributed by atoms with E-state index < -0.39 is 6.10 Å². The number of hydrogen-bond donors (Lipinski definition) is 0. The van der Waals surface area contributed by atoms with E-state index in [4.69, 9.17) is 14.2 Å². The van der Waals surface area contributed by atoms with E-state index in [1.54, 1.807) is 0 Å². The van der Waals surface area contributed by atoms with Gasteiger partial charge in [-0.1, -0.05) is 187 Å². The predicted octanol–water partition coefficient (Wildman–Crippen LogP) is 13.9. The molecule has 6 heteroatoms. The lowest BCUT2D eigenvalue weighted by molar-refractivity contribution is -0.167. The largest absolute Gasteiger partial charge is 0.462 e. The van der Waals surface area contributed by atoms with Crippen molar-refractivity contribution in [1.29, 1.82) is 0 Å². The van der Waals surface area contributed by atoms with E-state index in [9.17, 15) is 14.4 Å². The molecule has 0 aromatic heterocycles. The lowest BCUT2D eigenvalue weighted by Crippen LogP contribution is -2.30.